The second-order valence-corrected chi connectivity index (χ2v) is 6.22. The molecule has 1 unspecified atom stereocenters. The van der Waals surface area contributed by atoms with E-state index in [2.05, 4.69) is 4.72 Å². The van der Waals surface area contributed by atoms with Crippen LogP contribution in [-0.4, -0.2) is 26.3 Å². The first-order valence-corrected chi connectivity index (χ1v) is 7.05. The molecule has 1 aromatic rings. The van der Waals surface area contributed by atoms with Crippen LogP contribution in [0.3, 0.4) is 0 Å². The second-order valence-electron chi connectivity index (χ2n) is 4.41. The van der Waals surface area contributed by atoms with E-state index >= 15 is 0 Å². The summed E-state index contributed by atoms with van der Waals surface area (Å²) >= 11 is 0. The van der Waals surface area contributed by atoms with Crippen molar-refractivity contribution >= 4 is 10.2 Å². The summed E-state index contributed by atoms with van der Waals surface area (Å²) < 4.78 is 64.6. The van der Waals surface area contributed by atoms with Crippen LogP contribution in [0, 0.1) is 0 Å². The fraction of sp³-hybridized carbons (Fsp3) is 0.455. The molecule has 0 spiro atoms. The lowest BCUT2D eigenvalue weighted by Crippen LogP contribution is -2.46. The Bertz CT molecular complexity index is 572. The Morgan fingerprint density at radius 3 is 2.63 bits per heavy atom. The molecule has 1 saturated heterocycles. The van der Waals surface area contributed by atoms with Gasteiger partial charge in [-0.05, 0) is 24.1 Å². The maximum absolute atomic E-state index is 12.6. The summed E-state index contributed by atoms with van der Waals surface area (Å²) in [6.07, 6.45) is -4.00. The van der Waals surface area contributed by atoms with Crippen molar-refractivity contribution in [1.82, 2.24) is 9.03 Å². The molecule has 1 aliphatic rings. The van der Waals surface area contributed by atoms with E-state index < -0.39 is 28.0 Å². The zero-order valence-corrected chi connectivity index (χ0v) is 10.9. The lowest BCUT2D eigenvalue weighted by atomic mass is 10.0. The average molecular weight is 294 g/mol. The summed E-state index contributed by atoms with van der Waals surface area (Å²) in [5.74, 6) is 0. The molecule has 1 fully saturated rings. The molecule has 1 heterocycles. The molecule has 1 atom stereocenters. The Morgan fingerprint density at radius 1 is 1.37 bits per heavy atom. The largest absolute Gasteiger partial charge is 0.416 e. The van der Waals surface area contributed by atoms with Crippen molar-refractivity contribution in [3.05, 3.63) is 35.4 Å². The van der Waals surface area contributed by atoms with Crippen molar-refractivity contribution in [2.75, 3.05) is 13.6 Å². The number of nitrogens with zero attached hydrogens (tertiary/aromatic N) is 1. The summed E-state index contributed by atoms with van der Waals surface area (Å²) in [5, 5.41) is 0. The van der Waals surface area contributed by atoms with Gasteiger partial charge >= 0.3 is 6.18 Å². The third-order valence-electron chi connectivity index (χ3n) is 3.05. The molecular weight excluding hydrogens is 281 g/mol. The number of rotatable bonds is 1. The summed E-state index contributed by atoms with van der Waals surface area (Å²) in [6, 6.07) is 4.10. The third kappa shape index (κ3) is 3.07. The highest BCUT2D eigenvalue weighted by molar-refractivity contribution is 7.87. The molecule has 0 aliphatic carbocycles. The highest BCUT2D eigenvalue weighted by Gasteiger charge is 2.33. The first kappa shape index (κ1) is 14.3. The van der Waals surface area contributed by atoms with E-state index in [0.717, 1.165) is 16.4 Å². The van der Waals surface area contributed by atoms with Crippen LogP contribution < -0.4 is 4.72 Å². The van der Waals surface area contributed by atoms with E-state index in [9.17, 15) is 21.6 Å². The van der Waals surface area contributed by atoms with Gasteiger partial charge in [0.15, 0.2) is 0 Å². The van der Waals surface area contributed by atoms with Gasteiger partial charge in [0.1, 0.15) is 0 Å². The molecule has 2 rings (SSSR count). The van der Waals surface area contributed by atoms with Crippen LogP contribution in [0.2, 0.25) is 0 Å². The van der Waals surface area contributed by atoms with Gasteiger partial charge in [0, 0.05) is 19.6 Å². The van der Waals surface area contributed by atoms with Gasteiger partial charge < -0.3 is 0 Å². The lowest BCUT2D eigenvalue weighted by molar-refractivity contribution is -0.137. The van der Waals surface area contributed by atoms with Crippen LogP contribution >= 0.6 is 0 Å². The van der Waals surface area contributed by atoms with E-state index in [1.807, 2.05) is 0 Å². The van der Waals surface area contributed by atoms with Gasteiger partial charge in [-0.15, -0.1) is 0 Å². The molecular formula is C11H13F3N2O2S. The van der Waals surface area contributed by atoms with Gasteiger partial charge in [0.05, 0.1) is 5.56 Å². The summed E-state index contributed by atoms with van der Waals surface area (Å²) in [4.78, 5) is 0. The van der Waals surface area contributed by atoms with Crippen LogP contribution in [0.1, 0.15) is 23.6 Å². The minimum atomic E-state index is -4.43. The van der Waals surface area contributed by atoms with Crippen molar-refractivity contribution in [3.8, 4) is 0 Å². The SMILES string of the molecule is CN1CCC(c2cccc(C(F)(F)F)c2)NS1(=O)=O. The Morgan fingerprint density at radius 2 is 2.05 bits per heavy atom. The Kier molecular flexibility index (Phi) is 3.59. The zero-order chi connectivity index (χ0) is 14.3. The zero-order valence-electron chi connectivity index (χ0n) is 10.1. The normalized spacial score (nSPS) is 24.3. The van der Waals surface area contributed by atoms with Gasteiger partial charge in [0.2, 0.25) is 0 Å². The monoisotopic (exact) mass is 294 g/mol. The molecule has 19 heavy (non-hydrogen) atoms. The van der Waals surface area contributed by atoms with E-state index in [-0.39, 0.29) is 6.54 Å². The molecule has 0 aromatic heterocycles. The first-order valence-electron chi connectivity index (χ1n) is 5.61. The van der Waals surface area contributed by atoms with Gasteiger partial charge in [-0.3, -0.25) is 0 Å². The van der Waals surface area contributed by atoms with Gasteiger partial charge in [0.25, 0.3) is 10.2 Å². The minimum absolute atomic E-state index is 0.274. The number of alkyl halides is 3. The minimum Gasteiger partial charge on any atom is -0.195 e. The van der Waals surface area contributed by atoms with Crippen LogP contribution in [0.15, 0.2) is 24.3 Å². The van der Waals surface area contributed by atoms with Gasteiger partial charge in [-0.25, -0.2) is 0 Å². The molecule has 0 bridgehead atoms. The van der Waals surface area contributed by atoms with Crippen molar-refractivity contribution in [2.45, 2.75) is 18.6 Å². The van der Waals surface area contributed by atoms with Crippen molar-refractivity contribution in [3.63, 3.8) is 0 Å². The molecule has 1 aliphatic heterocycles. The molecule has 1 aromatic carbocycles. The topological polar surface area (TPSA) is 49.4 Å². The van der Waals surface area contributed by atoms with E-state index in [4.69, 9.17) is 0 Å². The second kappa shape index (κ2) is 4.77. The third-order valence-corrected chi connectivity index (χ3v) is 4.64. The fourth-order valence-electron chi connectivity index (χ4n) is 1.93. The Labute approximate surface area is 109 Å². The van der Waals surface area contributed by atoms with Crippen molar-refractivity contribution in [2.24, 2.45) is 0 Å². The first-order chi connectivity index (χ1) is 8.70. The molecule has 106 valence electrons. The molecule has 8 heteroatoms. The Balaban J connectivity index is 2.29. The van der Waals surface area contributed by atoms with Crippen LogP contribution in [0.4, 0.5) is 13.2 Å². The van der Waals surface area contributed by atoms with Crippen LogP contribution in [0.25, 0.3) is 0 Å². The van der Waals surface area contributed by atoms with Crippen molar-refractivity contribution < 1.29 is 21.6 Å². The molecule has 0 radical (unpaired) electrons. The Hall–Kier alpha value is -1.12. The average Bonchev–Trinajstić information content (AvgIpc) is 2.32. The molecule has 0 amide bonds. The predicted octanol–water partition coefficient (Wildman–Crippen LogP) is 1.92. The van der Waals surface area contributed by atoms with Crippen LogP contribution in [0.5, 0.6) is 0 Å². The fourth-order valence-corrected chi connectivity index (χ4v) is 3.07. The highest BCUT2D eigenvalue weighted by Crippen LogP contribution is 2.32. The number of hydrogen-bond acceptors (Lipinski definition) is 2. The maximum atomic E-state index is 12.6. The lowest BCUT2D eigenvalue weighted by Gasteiger charge is -2.30. The van der Waals surface area contributed by atoms with E-state index in [0.29, 0.717) is 12.0 Å². The van der Waals surface area contributed by atoms with Gasteiger partial charge in [-0.1, -0.05) is 12.1 Å². The number of halogens is 3. The van der Waals surface area contributed by atoms with E-state index in [1.165, 1.54) is 19.2 Å². The highest BCUT2D eigenvalue weighted by atomic mass is 32.2. The summed E-state index contributed by atoms with van der Waals surface area (Å²) in [5.41, 5.74) is -0.449. The van der Waals surface area contributed by atoms with Crippen LogP contribution in [-0.2, 0) is 16.4 Å². The smallest absolute Gasteiger partial charge is 0.195 e. The van der Waals surface area contributed by atoms with E-state index in [1.54, 1.807) is 0 Å². The predicted molar refractivity (Wildman–Crippen MR) is 63.5 cm³/mol. The number of nitrogens with one attached hydrogen (secondary N) is 1. The molecule has 4 nitrogen and oxygen atoms in total. The number of benzene rings is 1. The standard InChI is InChI=1S/C11H13F3N2O2S/c1-16-6-5-10(15-19(16,17)18)8-3-2-4-9(7-8)11(12,13)14/h2-4,7,10,15H,5-6H2,1H3. The summed E-state index contributed by atoms with van der Waals surface area (Å²) in [7, 11) is -2.18. The quantitative estimate of drug-likeness (QED) is 0.860. The maximum Gasteiger partial charge on any atom is 0.416 e. The van der Waals surface area contributed by atoms with Gasteiger partial charge in [-0.2, -0.15) is 30.6 Å². The molecule has 1 N–H and O–H groups in total. The van der Waals surface area contributed by atoms with Crippen molar-refractivity contribution in [1.29, 1.82) is 0 Å². The number of hydrogen-bond donors (Lipinski definition) is 1. The summed E-state index contributed by atoms with van der Waals surface area (Å²) in [6.45, 7) is 0.274. The molecule has 0 saturated carbocycles.